The quantitative estimate of drug-likeness (QED) is 0.146. The van der Waals surface area contributed by atoms with Gasteiger partial charge in [-0.15, -0.1) is 0 Å². The molecule has 0 bridgehead atoms. The smallest absolute Gasteiger partial charge is 0.410 e. The van der Waals surface area contributed by atoms with E-state index in [2.05, 4.69) is 10.6 Å². The Bertz CT molecular complexity index is 1760. The normalized spacial score (nSPS) is 16.4. The van der Waals surface area contributed by atoms with E-state index in [0.717, 1.165) is 11.1 Å². The predicted molar refractivity (Wildman–Crippen MR) is 185 cm³/mol. The molecule has 9 nitrogen and oxygen atoms in total. The topological polar surface area (TPSA) is 123 Å². The Labute approximate surface area is 290 Å². The molecule has 1 aliphatic heterocycles. The molecule has 1 aliphatic rings. The van der Waals surface area contributed by atoms with Crippen molar-refractivity contribution in [1.29, 1.82) is 0 Å². The lowest BCUT2D eigenvalue weighted by molar-refractivity contribution is -0.135. The summed E-state index contributed by atoms with van der Waals surface area (Å²) < 4.78 is 26.2. The Balaban J connectivity index is 1.36. The number of imide groups is 1. The SMILES string of the molecule is CCC(NCc1ccccc1F)C(=O)NC(=O)C1CCN(C(=O)OCc2ccccc2)C(c2ccc(Cl)cc2Oc2cccc(CN)c2)C1. The van der Waals surface area contributed by atoms with Gasteiger partial charge in [-0.3, -0.25) is 14.9 Å². The van der Waals surface area contributed by atoms with Gasteiger partial charge in [0.05, 0.1) is 12.1 Å². The molecular weight excluding hydrogens is 647 g/mol. The molecule has 0 spiro atoms. The number of carbonyl (C=O) groups excluding carboxylic acids is 3. The maximum Gasteiger partial charge on any atom is 0.410 e. The van der Waals surface area contributed by atoms with Gasteiger partial charge in [0.15, 0.2) is 0 Å². The van der Waals surface area contributed by atoms with E-state index >= 15 is 0 Å². The van der Waals surface area contributed by atoms with Crippen molar-refractivity contribution in [3.8, 4) is 11.5 Å². The van der Waals surface area contributed by atoms with E-state index in [1.807, 2.05) is 55.5 Å². The molecule has 3 atom stereocenters. The van der Waals surface area contributed by atoms with Crippen LogP contribution in [0.2, 0.25) is 5.02 Å². The van der Waals surface area contributed by atoms with E-state index in [1.54, 1.807) is 47.4 Å². The van der Waals surface area contributed by atoms with Gasteiger partial charge < -0.3 is 25.4 Å². The Morgan fingerprint density at radius 1 is 0.980 bits per heavy atom. The van der Waals surface area contributed by atoms with Gasteiger partial charge in [-0.1, -0.05) is 85.3 Å². The second-order valence-corrected chi connectivity index (χ2v) is 12.3. The van der Waals surface area contributed by atoms with Crippen LogP contribution in [0.4, 0.5) is 9.18 Å². The third-order valence-corrected chi connectivity index (χ3v) is 8.81. The number of amides is 3. The van der Waals surface area contributed by atoms with Crippen molar-refractivity contribution in [3.63, 3.8) is 0 Å². The minimum atomic E-state index is -0.715. The Kier molecular flexibility index (Phi) is 12.4. The van der Waals surface area contributed by atoms with Gasteiger partial charge in [-0.25, -0.2) is 9.18 Å². The minimum Gasteiger partial charge on any atom is -0.457 e. The van der Waals surface area contributed by atoms with Crippen LogP contribution < -0.4 is 21.1 Å². The van der Waals surface area contributed by atoms with Crippen molar-refractivity contribution < 1.29 is 28.2 Å². The Morgan fingerprint density at radius 3 is 2.49 bits per heavy atom. The molecular formula is C38H40ClFN4O5. The standard InChI is InChI=1S/C38H40ClFN4O5/c1-2-33(42-23-28-12-6-7-14-32(28)40)37(46)43-36(45)27-17-18-44(38(47)48-24-25-9-4-3-5-10-25)34(20-27)31-16-15-29(39)21-35(31)49-30-13-8-11-26(19-30)22-41/h3-16,19,21,27,33-34,42H,2,17-18,20,22-24,41H2,1H3,(H,43,45,46). The van der Waals surface area contributed by atoms with Crippen LogP contribution in [0, 0.1) is 11.7 Å². The second kappa shape index (κ2) is 17.1. The zero-order chi connectivity index (χ0) is 34.8. The third kappa shape index (κ3) is 9.44. The van der Waals surface area contributed by atoms with Crippen LogP contribution in [0.3, 0.4) is 0 Å². The zero-order valence-electron chi connectivity index (χ0n) is 27.2. The summed E-state index contributed by atoms with van der Waals surface area (Å²) in [5, 5.41) is 6.04. The van der Waals surface area contributed by atoms with Crippen LogP contribution in [0.25, 0.3) is 0 Å². The fourth-order valence-corrected chi connectivity index (χ4v) is 6.02. The van der Waals surface area contributed by atoms with Crippen LogP contribution >= 0.6 is 11.6 Å². The number of benzene rings is 4. The van der Waals surface area contributed by atoms with Gasteiger partial charge in [-0.2, -0.15) is 0 Å². The van der Waals surface area contributed by atoms with E-state index in [-0.39, 0.29) is 31.9 Å². The summed E-state index contributed by atoms with van der Waals surface area (Å²) in [6.45, 7) is 2.54. The summed E-state index contributed by atoms with van der Waals surface area (Å²) in [6.07, 6.45) is 0.342. The summed E-state index contributed by atoms with van der Waals surface area (Å²) in [5.41, 5.74) is 8.60. The molecule has 0 aromatic heterocycles. The molecule has 0 saturated carbocycles. The van der Waals surface area contributed by atoms with Crippen molar-refractivity contribution in [2.24, 2.45) is 11.7 Å². The van der Waals surface area contributed by atoms with E-state index in [9.17, 15) is 18.8 Å². The number of hydrogen-bond acceptors (Lipinski definition) is 7. The first kappa shape index (κ1) is 35.5. The Morgan fingerprint density at radius 2 is 1.73 bits per heavy atom. The summed E-state index contributed by atoms with van der Waals surface area (Å²) in [6, 6.07) is 26.8. The molecule has 4 aromatic carbocycles. The fraction of sp³-hybridized carbons (Fsp3) is 0.289. The number of ether oxygens (including phenoxy) is 2. The zero-order valence-corrected chi connectivity index (χ0v) is 28.0. The lowest BCUT2D eigenvalue weighted by Crippen LogP contribution is -2.50. The molecule has 4 aromatic rings. The first-order valence-electron chi connectivity index (χ1n) is 16.3. The van der Waals surface area contributed by atoms with Crippen molar-refractivity contribution in [3.05, 3.63) is 130 Å². The molecule has 11 heteroatoms. The molecule has 0 radical (unpaired) electrons. The summed E-state index contributed by atoms with van der Waals surface area (Å²) in [4.78, 5) is 42.0. The van der Waals surface area contributed by atoms with E-state index in [1.165, 1.54) is 6.07 Å². The number of piperidine rings is 1. The molecule has 3 amide bonds. The van der Waals surface area contributed by atoms with Crippen molar-refractivity contribution in [1.82, 2.24) is 15.5 Å². The average Bonchev–Trinajstić information content (AvgIpc) is 3.12. The number of carbonyl (C=O) groups is 3. The number of nitrogens with two attached hydrogens (primary N) is 1. The predicted octanol–water partition coefficient (Wildman–Crippen LogP) is 7.03. The molecule has 4 N–H and O–H groups in total. The van der Waals surface area contributed by atoms with Gasteiger partial charge in [0.25, 0.3) is 0 Å². The number of halogens is 2. The molecule has 3 unspecified atom stereocenters. The van der Waals surface area contributed by atoms with Crippen LogP contribution in [0.15, 0.2) is 97.1 Å². The molecule has 256 valence electrons. The molecule has 49 heavy (non-hydrogen) atoms. The monoisotopic (exact) mass is 686 g/mol. The first-order valence-corrected chi connectivity index (χ1v) is 16.7. The lowest BCUT2D eigenvalue weighted by Gasteiger charge is -2.39. The van der Waals surface area contributed by atoms with Gasteiger partial charge in [0.1, 0.15) is 23.9 Å². The first-order chi connectivity index (χ1) is 23.7. The highest BCUT2D eigenvalue weighted by Gasteiger charge is 2.38. The van der Waals surface area contributed by atoms with E-state index in [4.69, 9.17) is 26.8 Å². The van der Waals surface area contributed by atoms with Crippen molar-refractivity contribution in [2.75, 3.05) is 6.54 Å². The maximum atomic E-state index is 14.2. The highest BCUT2D eigenvalue weighted by Crippen LogP contribution is 2.41. The van der Waals surface area contributed by atoms with Crippen LogP contribution in [0.1, 0.15) is 54.5 Å². The van der Waals surface area contributed by atoms with Crippen LogP contribution in [-0.4, -0.2) is 35.4 Å². The van der Waals surface area contributed by atoms with Gasteiger partial charge in [0, 0.05) is 41.7 Å². The number of rotatable bonds is 12. The molecule has 1 saturated heterocycles. The summed E-state index contributed by atoms with van der Waals surface area (Å²) >= 11 is 6.42. The summed E-state index contributed by atoms with van der Waals surface area (Å²) in [5.74, 6) is -0.993. The lowest BCUT2D eigenvalue weighted by atomic mass is 9.86. The Hall–Kier alpha value is -4.77. The molecule has 1 fully saturated rings. The van der Waals surface area contributed by atoms with Crippen LogP contribution in [0.5, 0.6) is 11.5 Å². The largest absolute Gasteiger partial charge is 0.457 e. The maximum absolute atomic E-state index is 14.2. The molecule has 0 aliphatic carbocycles. The van der Waals surface area contributed by atoms with Gasteiger partial charge in [-0.05, 0) is 60.7 Å². The second-order valence-electron chi connectivity index (χ2n) is 11.9. The number of likely N-dealkylation sites (tertiary alicyclic amines) is 1. The number of nitrogens with one attached hydrogen (secondary N) is 2. The number of nitrogens with zero attached hydrogens (tertiary/aromatic N) is 1. The highest BCUT2D eigenvalue weighted by atomic mass is 35.5. The average molecular weight is 687 g/mol. The van der Waals surface area contributed by atoms with Gasteiger partial charge in [0.2, 0.25) is 11.8 Å². The van der Waals surface area contributed by atoms with Gasteiger partial charge >= 0.3 is 6.09 Å². The number of hydrogen-bond donors (Lipinski definition) is 3. The van der Waals surface area contributed by atoms with Crippen molar-refractivity contribution >= 4 is 29.5 Å². The molecule has 1 heterocycles. The van der Waals surface area contributed by atoms with Crippen LogP contribution in [-0.2, 0) is 34.0 Å². The third-order valence-electron chi connectivity index (χ3n) is 8.58. The van der Waals surface area contributed by atoms with Crippen molar-refractivity contribution in [2.45, 2.75) is 58.0 Å². The van der Waals surface area contributed by atoms with E-state index in [0.29, 0.717) is 47.0 Å². The highest BCUT2D eigenvalue weighted by molar-refractivity contribution is 6.30. The van der Waals surface area contributed by atoms with E-state index < -0.39 is 35.9 Å². The minimum absolute atomic E-state index is 0.0788. The molecule has 5 rings (SSSR count). The summed E-state index contributed by atoms with van der Waals surface area (Å²) in [7, 11) is 0. The fourth-order valence-electron chi connectivity index (χ4n) is 5.86.